The number of hydrogen-bond donors (Lipinski definition) is 1. The van der Waals surface area contributed by atoms with Crippen molar-refractivity contribution in [3.63, 3.8) is 0 Å². The molecule has 0 saturated heterocycles. The van der Waals surface area contributed by atoms with Gasteiger partial charge in [0.2, 0.25) is 0 Å². The second-order valence-electron chi connectivity index (χ2n) is 4.68. The predicted octanol–water partition coefficient (Wildman–Crippen LogP) is 2.18. The quantitative estimate of drug-likeness (QED) is 0.905. The van der Waals surface area contributed by atoms with Crippen molar-refractivity contribution in [1.29, 1.82) is 0 Å². The summed E-state index contributed by atoms with van der Waals surface area (Å²) in [6.07, 6.45) is 0. The number of hydrogen-bond acceptors (Lipinski definition) is 3. The maximum absolute atomic E-state index is 12.9. The van der Waals surface area contributed by atoms with Crippen molar-refractivity contribution in [2.24, 2.45) is 0 Å². The summed E-state index contributed by atoms with van der Waals surface area (Å²) in [5, 5.41) is 8.90. The van der Waals surface area contributed by atoms with Crippen molar-refractivity contribution in [2.75, 3.05) is 13.7 Å². The topological polar surface area (TPSA) is 66.8 Å². The van der Waals surface area contributed by atoms with Gasteiger partial charge in [0.15, 0.2) is 6.61 Å². The van der Waals surface area contributed by atoms with Crippen molar-refractivity contribution in [1.82, 2.24) is 4.90 Å². The van der Waals surface area contributed by atoms with E-state index in [0.29, 0.717) is 0 Å². The number of carbonyl (C=O) groups is 2. The summed E-state index contributed by atoms with van der Waals surface area (Å²) in [7, 11) is 1.37. The van der Waals surface area contributed by atoms with Crippen LogP contribution in [0.15, 0.2) is 18.2 Å². The van der Waals surface area contributed by atoms with E-state index in [1.165, 1.54) is 33.0 Å². The lowest BCUT2D eigenvalue weighted by Crippen LogP contribution is -2.52. The molecule has 0 aliphatic heterocycles. The molecule has 7 heteroatoms. The Bertz CT molecular complexity index is 533. The van der Waals surface area contributed by atoms with Gasteiger partial charge in [0.05, 0.1) is 5.02 Å². The Morgan fingerprint density at radius 3 is 2.55 bits per heavy atom. The summed E-state index contributed by atoms with van der Waals surface area (Å²) in [6.45, 7) is 2.44. The number of carboxylic acid groups (broad SMARTS) is 1. The van der Waals surface area contributed by atoms with Gasteiger partial charge in [0.25, 0.3) is 5.91 Å². The minimum atomic E-state index is -1.35. The molecule has 5 nitrogen and oxygen atoms in total. The Morgan fingerprint density at radius 1 is 1.45 bits per heavy atom. The van der Waals surface area contributed by atoms with E-state index in [1.807, 2.05) is 0 Å². The fourth-order valence-corrected chi connectivity index (χ4v) is 1.43. The van der Waals surface area contributed by atoms with Gasteiger partial charge in [-0.3, -0.25) is 4.79 Å². The molecule has 1 N–H and O–H groups in total. The Hall–Kier alpha value is -1.82. The van der Waals surface area contributed by atoms with Crippen molar-refractivity contribution >= 4 is 23.5 Å². The summed E-state index contributed by atoms with van der Waals surface area (Å²) in [5.41, 5.74) is -1.35. The average Bonchev–Trinajstić information content (AvgIpc) is 2.38. The summed E-state index contributed by atoms with van der Waals surface area (Å²) >= 11 is 5.58. The largest absolute Gasteiger partial charge is 0.484 e. The number of halogens is 2. The second-order valence-corrected chi connectivity index (χ2v) is 5.09. The number of carbonyl (C=O) groups excluding carboxylic acids is 1. The van der Waals surface area contributed by atoms with Gasteiger partial charge in [-0.15, -0.1) is 0 Å². The molecule has 0 saturated carbocycles. The molecule has 0 radical (unpaired) electrons. The van der Waals surface area contributed by atoms with E-state index < -0.39 is 23.2 Å². The fraction of sp³-hybridized carbons (Fsp3) is 0.385. The lowest BCUT2D eigenvalue weighted by atomic mass is 10.0. The standard InChI is InChI=1S/C13H15ClFNO4/c1-13(2,12(18)19)16(3)11(17)7-20-8-4-5-10(15)9(14)6-8/h4-6H,7H2,1-3H3,(H,18,19). The minimum Gasteiger partial charge on any atom is -0.484 e. The van der Waals surface area contributed by atoms with Crippen LogP contribution in [0.1, 0.15) is 13.8 Å². The van der Waals surface area contributed by atoms with Crippen LogP contribution < -0.4 is 4.74 Å². The summed E-state index contributed by atoms with van der Waals surface area (Å²) in [6, 6.07) is 3.69. The summed E-state index contributed by atoms with van der Waals surface area (Å²) in [5.74, 6) is -2.00. The fourth-order valence-electron chi connectivity index (χ4n) is 1.26. The van der Waals surface area contributed by atoms with E-state index >= 15 is 0 Å². The molecular formula is C13H15ClFNO4. The number of nitrogens with zero attached hydrogens (tertiary/aromatic N) is 1. The third-order valence-corrected chi connectivity index (χ3v) is 3.28. The second kappa shape index (κ2) is 6.09. The van der Waals surface area contributed by atoms with Crippen LogP contribution in [0.25, 0.3) is 0 Å². The SMILES string of the molecule is CN(C(=O)COc1ccc(F)c(Cl)c1)C(C)(C)C(=O)O. The molecule has 1 aromatic rings. The first-order valence-electron chi connectivity index (χ1n) is 5.74. The number of rotatable bonds is 5. The number of benzene rings is 1. The highest BCUT2D eigenvalue weighted by molar-refractivity contribution is 6.30. The van der Waals surface area contributed by atoms with Crippen LogP contribution in [-0.2, 0) is 9.59 Å². The van der Waals surface area contributed by atoms with E-state index in [9.17, 15) is 14.0 Å². The number of aliphatic carboxylic acids is 1. The maximum atomic E-state index is 12.9. The van der Waals surface area contributed by atoms with E-state index in [0.717, 1.165) is 11.0 Å². The van der Waals surface area contributed by atoms with Gasteiger partial charge in [0.1, 0.15) is 17.1 Å². The van der Waals surface area contributed by atoms with Gasteiger partial charge < -0.3 is 14.7 Å². The molecule has 0 heterocycles. The first-order chi connectivity index (χ1) is 9.16. The molecule has 0 atom stereocenters. The normalized spacial score (nSPS) is 11.1. The Balaban J connectivity index is 2.67. The van der Waals surface area contributed by atoms with Crippen LogP contribution in [0.2, 0.25) is 5.02 Å². The molecule has 0 spiro atoms. The molecule has 0 fully saturated rings. The third-order valence-electron chi connectivity index (χ3n) is 2.99. The third kappa shape index (κ3) is 3.60. The zero-order chi connectivity index (χ0) is 15.5. The lowest BCUT2D eigenvalue weighted by Gasteiger charge is -2.31. The van der Waals surface area contributed by atoms with E-state index in [1.54, 1.807) is 0 Å². The Kier molecular flexibility index (Phi) is 4.94. The van der Waals surface area contributed by atoms with E-state index in [2.05, 4.69) is 0 Å². The van der Waals surface area contributed by atoms with Crippen LogP contribution in [-0.4, -0.2) is 41.1 Å². The Labute approximate surface area is 120 Å². The van der Waals surface area contributed by atoms with Crippen LogP contribution in [0.3, 0.4) is 0 Å². The van der Waals surface area contributed by atoms with Crippen LogP contribution >= 0.6 is 11.6 Å². The molecule has 0 aliphatic carbocycles. The smallest absolute Gasteiger partial charge is 0.329 e. The molecule has 1 aromatic carbocycles. The van der Waals surface area contributed by atoms with Gasteiger partial charge in [0, 0.05) is 13.1 Å². The van der Waals surface area contributed by atoms with Crippen molar-refractivity contribution in [3.05, 3.63) is 29.0 Å². The van der Waals surface area contributed by atoms with Gasteiger partial charge in [-0.1, -0.05) is 11.6 Å². The van der Waals surface area contributed by atoms with Crippen molar-refractivity contribution in [3.8, 4) is 5.75 Å². The van der Waals surface area contributed by atoms with Crippen LogP contribution in [0.5, 0.6) is 5.75 Å². The zero-order valence-electron chi connectivity index (χ0n) is 11.3. The molecule has 0 aliphatic rings. The van der Waals surface area contributed by atoms with Gasteiger partial charge >= 0.3 is 5.97 Å². The zero-order valence-corrected chi connectivity index (χ0v) is 12.1. The van der Waals surface area contributed by atoms with Crippen molar-refractivity contribution < 1.29 is 23.8 Å². The molecule has 0 aromatic heterocycles. The highest BCUT2D eigenvalue weighted by Crippen LogP contribution is 2.21. The van der Waals surface area contributed by atoms with Gasteiger partial charge in [-0.2, -0.15) is 0 Å². The number of amides is 1. The summed E-state index contributed by atoms with van der Waals surface area (Å²) in [4.78, 5) is 23.9. The highest BCUT2D eigenvalue weighted by atomic mass is 35.5. The highest BCUT2D eigenvalue weighted by Gasteiger charge is 2.35. The van der Waals surface area contributed by atoms with Gasteiger partial charge in [-0.05, 0) is 26.0 Å². The average molecular weight is 304 g/mol. The monoisotopic (exact) mass is 303 g/mol. The molecule has 0 unspecified atom stereocenters. The molecule has 110 valence electrons. The molecule has 1 amide bonds. The van der Waals surface area contributed by atoms with Crippen LogP contribution in [0.4, 0.5) is 4.39 Å². The lowest BCUT2D eigenvalue weighted by molar-refractivity contribution is -0.156. The first kappa shape index (κ1) is 16.2. The van der Waals surface area contributed by atoms with E-state index in [-0.39, 0.29) is 17.4 Å². The summed E-state index contributed by atoms with van der Waals surface area (Å²) < 4.78 is 18.1. The molecule has 20 heavy (non-hydrogen) atoms. The van der Waals surface area contributed by atoms with Crippen molar-refractivity contribution in [2.45, 2.75) is 19.4 Å². The van der Waals surface area contributed by atoms with Crippen LogP contribution in [0, 0.1) is 5.82 Å². The number of ether oxygens (including phenoxy) is 1. The molecular weight excluding hydrogens is 289 g/mol. The Morgan fingerprint density at radius 2 is 2.05 bits per heavy atom. The number of likely N-dealkylation sites (N-methyl/N-ethyl adjacent to an activating group) is 1. The first-order valence-corrected chi connectivity index (χ1v) is 6.12. The maximum Gasteiger partial charge on any atom is 0.329 e. The van der Waals surface area contributed by atoms with E-state index in [4.69, 9.17) is 21.4 Å². The molecule has 0 bridgehead atoms. The molecule has 1 rings (SSSR count). The van der Waals surface area contributed by atoms with Gasteiger partial charge in [-0.25, -0.2) is 9.18 Å². The number of carboxylic acids is 1. The minimum absolute atomic E-state index is 0.117. The predicted molar refractivity (Wildman–Crippen MR) is 71.4 cm³/mol.